The molecule has 0 atom stereocenters. The van der Waals surface area contributed by atoms with Crippen LogP contribution in [0.1, 0.15) is 50.7 Å². The van der Waals surface area contributed by atoms with Gasteiger partial charge in [0.05, 0.1) is 12.9 Å². The Kier molecular flexibility index (Phi) is 7.46. The molecule has 6 nitrogen and oxygen atoms in total. The van der Waals surface area contributed by atoms with Crippen molar-refractivity contribution in [3.63, 3.8) is 0 Å². The van der Waals surface area contributed by atoms with Crippen molar-refractivity contribution in [3.05, 3.63) is 35.6 Å². The molecule has 2 aromatic rings. The zero-order valence-electron chi connectivity index (χ0n) is 16.1. The Morgan fingerprint density at radius 2 is 2.04 bits per heavy atom. The fourth-order valence-corrected chi connectivity index (χ4v) is 2.88. The Balaban J connectivity index is 2.03. The number of rotatable bonds is 10. The molecule has 0 aliphatic carbocycles. The number of fused-ring (bicyclic) bond motifs is 1. The van der Waals surface area contributed by atoms with Gasteiger partial charge in [0.1, 0.15) is 11.3 Å². The van der Waals surface area contributed by atoms with E-state index in [9.17, 15) is 9.59 Å². The number of aryl methyl sites for hydroxylation is 1. The Hall–Kier alpha value is -2.76. The van der Waals surface area contributed by atoms with Crippen molar-refractivity contribution in [2.45, 2.75) is 46.5 Å². The lowest BCUT2D eigenvalue weighted by molar-refractivity contribution is -0.137. The van der Waals surface area contributed by atoms with E-state index >= 15 is 0 Å². The van der Waals surface area contributed by atoms with Gasteiger partial charge >= 0.3 is 5.97 Å². The maximum atomic E-state index is 12.2. The third kappa shape index (κ3) is 5.88. The summed E-state index contributed by atoms with van der Waals surface area (Å²) in [5, 5.41) is 12.4. The number of hydrogen-bond acceptors (Lipinski definition) is 4. The van der Waals surface area contributed by atoms with Crippen LogP contribution in [0.25, 0.3) is 16.5 Å². The van der Waals surface area contributed by atoms with Crippen LogP contribution in [0.3, 0.4) is 0 Å². The van der Waals surface area contributed by atoms with Crippen molar-refractivity contribution >= 4 is 28.4 Å². The van der Waals surface area contributed by atoms with E-state index in [1.807, 2.05) is 32.9 Å². The second kappa shape index (κ2) is 9.80. The van der Waals surface area contributed by atoms with Crippen molar-refractivity contribution in [2.24, 2.45) is 0 Å². The highest BCUT2D eigenvalue weighted by atomic mass is 16.5. The number of nitrogens with one attached hydrogen (secondary N) is 1. The van der Waals surface area contributed by atoms with Crippen LogP contribution in [0.5, 0.6) is 5.75 Å². The summed E-state index contributed by atoms with van der Waals surface area (Å²) in [7, 11) is 0. The van der Waals surface area contributed by atoms with Crippen molar-refractivity contribution in [2.75, 3.05) is 13.2 Å². The molecule has 1 aromatic carbocycles. The molecule has 0 fully saturated rings. The van der Waals surface area contributed by atoms with E-state index in [0.717, 1.165) is 40.5 Å². The fourth-order valence-electron chi connectivity index (χ4n) is 2.88. The lowest BCUT2D eigenvalue weighted by Gasteiger charge is -2.11. The van der Waals surface area contributed by atoms with Gasteiger partial charge < -0.3 is 19.6 Å². The number of aliphatic carboxylic acids is 1. The van der Waals surface area contributed by atoms with Crippen LogP contribution in [0.15, 0.2) is 28.9 Å². The Morgan fingerprint density at radius 1 is 1.26 bits per heavy atom. The molecule has 1 amide bonds. The summed E-state index contributed by atoms with van der Waals surface area (Å²) in [4.78, 5) is 22.6. The average molecular weight is 373 g/mol. The molecule has 0 aliphatic rings. The molecule has 0 unspecified atom stereocenters. The molecule has 1 aromatic heterocycles. The van der Waals surface area contributed by atoms with Gasteiger partial charge in [-0.2, -0.15) is 0 Å². The van der Waals surface area contributed by atoms with Crippen molar-refractivity contribution in [1.29, 1.82) is 0 Å². The predicted octanol–water partition coefficient (Wildman–Crippen LogP) is 4.30. The van der Waals surface area contributed by atoms with Crippen LogP contribution >= 0.6 is 0 Å². The second-order valence-corrected chi connectivity index (χ2v) is 6.52. The zero-order chi connectivity index (χ0) is 19.8. The molecule has 0 bridgehead atoms. The first-order valence-corrected chi connectivity index (χ1v) is 9.25. The van der Waals surface area contributed by atoms with Gasteiger partial charge in [-0.15, -0.1) is 0 Å². The van der Waals surface area contributed by atoms with Crippen LogP contribution in [-0.4, -0.2) is 30.1 Å². The number of hydrogen-bond donors (Lipinski definition) is 2. The summed E-state index contributed by atoms with van der Waals surface area (Å²) in [6, 6.07) is 3.85. The van der Waals surface area contributed by atoms with Gasteiger partial charge in [-0.05, 0) is 50.8 Å². The van der Waals surface area contributed by atoms with E-state index < -0.39 is 5.97 Å². The SMILES string of the molecule is CCOc1cc2occ(C)c2cc1/C(C)=C/C(=O)NCCCCCC(=O)O. The first-order valence-electron chi connectivity index (χ1n) is 9.25. The van der Waals surface area contributed by atoms with Gasteiger partial charge in [0.15, 0.2) is 0 Å². The third-order valence-corrected chi connectivity index (χ3v) is 4.31. The van der Waals surface area contributed by atoms with E-state index in [0.29, 0.717) is 25.3 Å². The molecular formula is C21H27NO5. The Labute approximate surface area is 159 Å². The number of ether oxygens (including phenoxy) is 1. The number of allylic oxidation sites excluding steroid dienone is 1. The van der Waals surface area contributed by atoms with Gasteiger partial charge in [-0.1, -0.05) is 6.42 Å². The van der Waals surface area contributed by atoms with Crippen molar-refractivity contribution < 1.29 is 23.8 Å². The van der Waals surface area contributed by atoms with E-state index in [4.69, 9.17) is 14.3 Å². The fraction of sp³-hybridized carbons (Fsp3) is 0.429. The van der Waals surface area contributed by atoms with Crippen molar-refractivity contribution in [3.8, 4) is 5.75 Å². The van der Waals surface area contributed by atoms with Crippen LogP contribution < -0.4 is 10.1 Å². The number of furan rings is 1. The number of unbranched alkanes of at least 4 members (excludes halogenated alkanes) is 2. The normalized spacial score (nSPS) is 11.6. The second-order valence-electron chi connectivity index (χ2n) is 6.52. The van der Waals surface area contributed by atoms with Crippen LogP contribution in [0.4, 0.5) is 0 Å². The molecule has 27 heavy (non-hydrogen) atoms. The summed E-state index contributed by atoms with van der Waals surface area (Å²) >= 11 is 0. The first kappa shape index (κ1) is 20.6. The smallest absolute Gasteiger partial charge is 0.303 e. The van der Waals surface area contributed by atoms with Gasteiger partial charge in [0.25, 0.3) is 0 Å². The summed E-state index contributed by atoms with van der Waals surface area (Å²) < 4.78 is 11.3. The van der Waals surface area contributed by atoms with Gasteiger partial charge in [0.2, 0.25) is 5.91 Å². The van der Waals surface area contributed by atoms with E-state index in [1.54, 1.807) is 12.3 Å². The summed E-state index contributed by atoms with van der Waals surface area (Å²) in [5.74, 6) is -0.265. The maximum Gasteiger partial charge on any atom is 0.303 e. The molecule has 2 N–H and O–H groups in total. The third-order valence-electron chi connectivity index (χ3n) is 4.31. The standard InChI is InChI=1S/C21H27NO5/c1-4-26-18-12-19-17(15(3)13-27-19)11-16(18)14(2)10-20(23)22-9-7-5-6-8-21(24)25/h10-13H,4-9H2,1-3H3,(H,22,23)(H,24,25)/b14-10+. The number of carboxylic acids is 1. The molecule has 0 saturated heterocycles. The first-order chi connectivity index (χ1) is 12.9. The van der Waals surface area contributed by atoms with Gasteiger partial charge in [0, 0.05) is 36.1 Å². The van der Waals surface area contributed by atoms with Crippen LogP contribution in [-0.2, 0) is 9.59 Å². The maximum absolute atomic E-state index is 12.2. The molecule has 2 rings (SSSR count). The highest BCUT2D eigenvalue weighted by Crippen LogP contribution is 2.33. The van der Waals surface area contributed by atoms with E-state index in [-0.39, 0.29) is 12.3 Å². The number of benzene rings is 1. The summed E-state index contributed by atoms with van der Waals surface area (Å²) in [5.41, 5.74) is 3.47. The van der Waals surface area contributed by atoms with Crippen LogP contribution in [0.2, 0.25) is 0 Å². The number of carboxylic acid groups (broad SMARTS) is 1. The molecule has 1 heterocycles. The minimum atomic E-state index is -0.785. The monoisotopic (exact) mass is 373 g/mol. The molecule has 146 valence electrons. The highest BCUT2D eigenvalue weighted by Gasteiger charge is 2.12. The molecule has 0 aliphatic heterocycles. The lowest BCUT2D eigenvalue weighted by Crippen LogP contribution is -2.22. The number of carbonyl (C=O) groups is 2. The topological polar surface area (TPSA) is 88.8 Å². The van der Waals surface area contributed by atoms with Gasteiger partial charge in [-0.25, -0.2) is 0 Å². The van der Waals surface area contributed by atoms with Crippen LogP contribution in [0, 0.1) is 6.92 Å². The summed E-state index contributed by atoms with van der Waals surface area (Å²) in [6.07, 6.45) is 5.61. The average Bonchev–Trinajstić information content (AvgIpc) is 2.97. The Morgan fingerprint density at radius 3 is 2.74 bits per heavy atom. The van der Waals surface area contributed by atoms with E-state index in [2.05, 4.69) is 5.32 Å². The Bertz CT molecular complexity index is 834. The highest BCUT2D eigenvalue weighted by molar-refractivity contribution is 5.97. The molecular weight excluding hydrogens is 346 g/mol. The molecule has 0 spiro atoms. The predicted molar refractivity (Wildman–Crippen MR) is 105 cm³/mol. The largest absolute Gasteiger partial charge is 0.493 e. The molecule has 0 saturated carbocycles. The molecule has 6 heteroatoms. The van der Waals surface area contributed by atoms with Gasteiger partial charge in [-0.3, -0.25) is 9.59 Å². The summed E-state index contributed by atoms with van der Waals surface area (Å²) in [6.45, 7) is 6.82. The molecule has 0 radical (unpaired) electrons. The number of amides is 1. The lowest BCUT2D eigenvalue weighted by atomic mass is 10.0. The van der Waals surface area contributed by atoms with E-state index in [1.165, 1.54) is 0 Å². The zero-order valence-corrected chi connectivity index (χ0v) is 16.1. The van der Waals surface area contributed by atoms with Crippen molar-refractivity contribution in [1.82, 2.24) is 5.32 Å². The minimum Gasteiger partial charge on any atom is -0.493 e. The minimum absolute atomic E-state index is 0.169. The number of carbonyl (C=O) groups excluding carboxylic acids is 1. The quantitative estimate of drug-likeness (QED) is 0.479.